The van der Waals surface area contributed by atoms with Crippen LogP contribution in [0.25, 0.3) is 0 Å². The summed E-state index contributed by atoms with van der Waals surface area (Å²) in [7, 11) is 2.12. The van der Waals surface area contributed by atoms with Crippen LogP contribution in [-0.4, -0.2) is 36.5 Å². The van der Waals surface area contributed by atoms with Gasteiger partial charge in [0.1, 0.15) is 0 Å². The van der Waals surface area contributed by atoms with Gasteiger partial charge in [-0.25, -0.2) is 0 Å². The molecule has 0 radical (unpaired) electrons. The molecule has 0 fully saturated rings. The van der Waals surface area contributed by atoms with E-state index in [-0.39, 0.29) is 5.92 Å². The highest BCUT2D eigenvalue weighted by atomic mass is 32.2. The maximum atomic E-state index is 9.33. The average molecular weight is 262 g/mol. The molecule has 0 saturated heterocycles. The molecule has 0 saturated carbocycles. The first-order chi connectivity index (χ1) is 8.72. The summed E-state index contributed by atoms with van der Waals surface area (Å²) in [6.07, 6.45) is 3.26. The van der Waals surface area contributed by atoms with Gasteiger partial charge in [-0.05, 0) is 25.3 Å². The highest BCUT2D eigenvalue weighted by Crippen LogP contribution is 2.18. The third-order valence-electron chi connectivity index (χ3n) is 3.28. The molecule has 98 valence electrons. The summed E-state index contributed by atoms with van der Waals surface area (Å²) in [4.78, 5) is 2.32. The molecule has 0 aliphatic rings. The first-order valence-electron chi connectivity index (χ1n) is 6.36. The second kappa shape index (κ2) is 8.18. The number of rotatable bonds is 7. The van der Waals surface area contributed by atoms with Crippen LogP contribution in [0.2, 0.25) is 0 Å². The highest BCUT2D eigenvalue weighted by molar-refractivity contribution is 7.98. The van der Waals surface area contributed by atoms with Crippen molar-refractivity contribution in [1.29, 1.82) is 5.26 Å². The lowest BCUT2D eigenvalue weighted by Gasteiger charge is -2.28. The van der Waals surface area contributed by atoms with E-state index in [1.807, 2.05) is 42.1 Å². The summed E-state index contributed by atoms with van der Waals surface area (Å²) in [6.45, 7) is 3.01. The van der Waals surface area contributed by atoms with Crippen molar-refractivity contribution in [1.82, 2.24) is 4.90 Å². The Balaban J connectivity index is 2.66. The molecule has 0 aromatic heterocycles. The van der Waals surface area contributed by atoms with Crippen molar-refractivity contribution in [2.45, 2.75) is 25.3 Å². The largest absolute Gasteiger partial charge is 0.301 e. The molecule has 0 spiro atoms. The van der Waals surface area contributed by atoms with Crippen LogP contribution in [0, 0.1) is 11.3 Å². The number of likely N-dealkylation sites (N-methyl/N-ethyl adjacent to an activating group) is 1. The fraction of sp³-hybridized carbons (Fsp3) is 0.533. The molecule has 0 amide bonds. The zero-order valence-corrected chi connectivity index (χ0v) is 12.3. The normalized spacial score (nSPS) is 14.2. The van der Waals surface area contributed by atoms with Gasteiger partial charge in [-0.15, -0.1) is 0 Å². The minimum absolute atomic E-state index is 0.0351. The Hall–Kier alpha value is -0.980. The Morgan fingerprint density at radius 3 is 2.50 bits per heavy atom. The molecule has 3 heteroatoms. The van der Waals surface area contributed by atoms with E-state index in [9.17, 15) is 5.26 Å². The molecule has 1 rings (SSSR count). The van der Waals surface area contributed by atoms with Gasteiger partial charge in [-0.3, -0.25) is 0 Å². The van der Waals surface area contributed by atoms with Crippen LogP contribution in [0.15, 0.2) is 30.3 Å². The monoisotopic (exact) mass is 262 g/mol. The van der Waals surface area contributed by atoms with Crippen LogP contribution in [-0.2, 0) is 0 Å². The molecular formula is C15H22N2S. The van der Waals surface area contributed by atoms with E-state index in [1.165, 1.54) is 0 Å². The summed E-state index contributed by atoms with van der Waals surface area (Å²) >= 11 is 1.87. The van der Waals surface area contributed by atoms with Crippen molar-refractivity contribution in [3.63, 3.8) is 0 Å². The van der Waals surface area contributed by atoms with Crippen molar-refractivity contribution in [2.24, 2.45) is 0 Å². The van der Waals surface area contributed by atoms with E-state index in [0.717, 1.165) is 24.3 Å². The van der Waals surface area contributed by atoms with Crippen molar-refractivity contribution in [3.8, 4) is 6.07 Å². The highest BCUT2D eigenvalue weighted by Gasteiger charge is 2.18. The second-order valence-corrected chi connectivity index (χ2v) is 5.46. The molecule has 2 unspecified atom stereocenters. The van der Waals surface area contributed by atoms with Crippen LogP contribution >= 0.6 is 11.8 Å². The molecule has 2 nitrogen and oxygen atoms in total. The number of nitrogens with zero attached hydrogens (tertiary/aromatic N) is 2. The standard InChI is InChI=1S/C15H22N2S/c1-4-15(12-18-3)17(2)11-14(10-16)13-8-6-5-7-9-13/h5-9,14-15H,4,11-12H2,1-3H3. The summed E-state index contributed by atoms with van der Waals surface area (Å²) in [6, 6.07) is 13.0. The maximum absolute atomic E-state index is 9.33. The quantitative estimate of drug-likeness (QED) is 0.754. The fourth-order valence-corrected chi connectivity index (χ4v) is 2.97. The van der Waals surface area contributed by atoms with Gasteiger partial charge in [0.2, 0.25) is 0 Å². The third kappa shape index (κ3) is 4.36. The lowest BCUT2D eigenvalue weighted by molar-refractivity contribution is 0.251. The molecule has 2 atom stereocenters. The Bertz CT molecular complexity index is 372. The van der Waals surface area contributed by atoms with Gasteiger partial charge in [0.05, 0.1) is 12.0 Å². The van der Waals surface area contributed by atoms with Crippen LogP contribution < -0.4 is 0 Å². The summed E-state index contributed by atoms with van der Waals surface area (Å²) in [5, 5.41) is 9.33. The summed E-state index contributed by atoms with van der Waals surface area (Å²) in [5.41, 5.74) is 1.12. The number of thioether (sulfide) groups is 1. The Morgan fingerprint density at radius 2 is 2.00 bits per heavy atom. The first-order valence-corrected chi connectivity index (χ1v) is 7.76. The van der Waals surface area contributed by atoms with Crippen molar-refractivity contribution >= 4 is 11.8 Å². The molecular weight excluding hydrogens is 240 g/mol. The molecule has 0 aliphatic heterocycles. The Morgan fingerprint density at radius 1 is 1.33 bits per heavy atom. The van der Waals surface area contributed by atoms with Crippen LogP contribution in [0.3, 0.4) is 0 Å². The van der Waals surface area contributed by atoms with E-state index >= 15 is 0 Å². The molecule has 0 aliphatic carbocycles. The van der Waals surface area contributed by atoms with E-state index in [1.54, 1.807) is 0 Å². The van der Waals surface area contributed by atoms with Gasteiger partial charge in [0.25, 0.3) is 0 Å². The lowest BCUT2D eigenvalue weighted by atomic mass is 9.99. The second-order valence-electron chi connectivity index (χ2n) is 4.55. The molecule has 0 N–H and O–H groups in total. The van der Waals surface area contributed by atoms with Gasteiger partial charge >= 0.3 is 0 Å². The van der Waals surface area contributed by atoms with Gasteiger partial charge in [-0.2, -0.15) is 17.0 Å². The lowest BCUT2D eigenvalue weighted by Crippen LogP contribution is -2.36. The van der Waals surface area contributed by atoms with Crippen molar-refractivity contribution in [3.05, 3.63) is 35.9 Å². The van der Waals surface area contributed by atoms with E-state index in [2.05, 4.69) is 31.2 Å². The van der Waals surface area contributed by atoms with Gasteiger partial charge in [0, 0.05) is 18.3 Å². The Kier molecular flexibility index (Phi) is 6.85. The molecule has 0 bridgehead atoms. The SMILES string of the molecule is CCC(CSC)N(C)CC(C#N)c1ccccc1. The van der Waals surface area contributed by atoms with Gasteiger partial charge in [0.15, 0.2) is 0 Å². The number of hydrogen-bond donors (Lipinski definition) is 0. The zero-order chi connectivity index (χ0) is 13.4. The maximum Gasteiger partial charge on any atom is 0.0839 e. The van der Waals surface area contributed by atoms with Crippen LogP contribution in [0.1, 0.15) is 24.8 Å². The Labute approximate surface area is 115 Å². The third-order valence-corrected chi connectivity index (χ3v) is 4.00. The van der Waals surface area contributed by atoms with Crippen molar-refractivity contribution in [2.75, 3.05) is 25.6 Å². The topological polar surface area (TPSA) is 27.0 Å². The molecule has 1 aromatic carbocycles. The molecule has 18 heavy (non-hydrogen) atoms. The fourth-order valence-electron chi connectivity index (χ4n) is 2.09. The van der Waals surface area contributed by atoms with Crippen molar-refractivity contribution < 1.29 is 0 Å². The molecule has 1 aromatic rings. The first kappa shape index (κ1) is 15.1. The number of hydrogen-bond acceptors (Lipinski definition) is 3. The van der Waals surface area contributed by atoms with E-state index < -0.39 is 0 Å². The number of nitriles is 1. The summed E-state index contributed by atoms with van der Waals surface area (Å²) in [5.74, 6) is 1.09. The minimum atomic E-state index is -0.0351. The van der Waals surface area contributed by atoms with Crippen LogP contribution in [0.5, 0.6) is 0 Å². The van der Waals surface area contributed by atoms with E-state index in [4.69, 9.17) is 0 Å². The van der Waals surface area contributed by atoms with E-state index in [0.29, 0.717) is 6.04 Å². The predicted molar refractivity (Wildman–Crippen MR) is 79.9 cm³/mol. The van der Waals surface area contributed by atoms with Gasteiger partial charge < -0.3 is 4.90 Å². The predicted octanol–water partition coefficient (Wildman–Crippen LogP) is 3.37. The zero-order valence-electron chi connectivity index (χ0n) is 11.5. The number of benzene rings is 1. The van der Waals surface area contributed by atoms with Gasteiger partial charge in [-0.1, -0.05) is 37.3 Å². The van der Waals surface area contributed by atoms with Crippen LogP contribution in [0.4, 0.5) is 0 Å². The smallest absolute Gasteiger partial charge is 0.0839 e. The summed E-state index contributed by atoms with van der Waals surface area (Å²) < 4.78 is 0. The minimum Gasteiger partial charge on any atom is -0.301 e. The molecule has 0 heterocycles. The average Bonchev–Trinajstić information content (AvgIpc) is 2.42.